The molecule has 3 aromatic rings. The van der Waals surface area contributed by atoms with Crippen LogP contribution in [0.5, 0.6) is 0 Å². The smallest absolute Gasteiger partial charge is 0.264 e. The number of ether oxygens (including phenoxy) is 1. The first-order chi connectivity index (χ1) is 15.8. The molecule has 2 N–H and O–H groups in total. The number of rotatable bonds is 6. The summed E-state index contributed by atoms with van der Waals surface area (Å²) < 4.78 is 31.8. The Bertz CT molecular complexity index is 1340. The van der Waals surface area contributed by atoms with Crippen molar-refractivity contribution in [3.05, 3.63) is 77.9 Å². The van der Waals surface area contributed by atoms with Crippen LogP contribution in [-0.2, 0) is 14.8 Å². The number of amides is 2. The molecule has 0 saturated heterocycles. The SMILES string of the molecule is COCCNC(=O)c1ccccc1NC(=O)c1ccc2c(c1)-c1ccccc1S(=O)(=O)N2C. The van der Waals surface area contributed by atoms with E-state index in [-0.39, 0.29) is 10.8 Å². The van der Waals surface area contributed by atoms with Crippen LogP contribution in [0, 0.1) is 0 Å². The molecule has 8 nitrogen and oxygen atoms in total. The molecule has 3 aromatic carbocycles. The molecule has 2 amide bonds. The molecule has 33 heavy (non-hydrogen) atoms. The molecular weight excluding hydrogens is 442 g/mol. The molecule has 0 atom stereocenters. The third kappa shape index (κ3) is 4.20. The third-order valence-electron chi connectivity index (χ3n) is 5.43. The number of carbonyl (C=O) groups excluding carboxylic acids is 2. The number of anilines is 2. The normalized spacial score (nSPS) is 13.6. The second kappa shape index (κ2) is 9.05. The first-order valence-electron chi connectivity index (χ1n) is 10.2. The number of nitrogens with zero attached hydrogens (tertiary/aromatic N) is 1. The zero-order valence-corrected chi connectivity index (χ0v) is 19.0. The monoisotopic (exact) mass is 465 g/mol. The molecule has 0 unspecified atom stereocenters. The van der Waals surface area contributed by atoms with Gasteiger partial charge in [-0.1, -0.05) is 30.3 Å². The molecule has 0 saturated carbocycles. The Kier molecular flexibility index (Phi) is 6.17. The van der Waals surface area contributed by atoms with E-state index in [0.717, 1.165) is 0 Å². The van der Waals surface area contributed by atoms with Gasteiger partial charge in [-0.25, -0.2) is 8.42 Å². The summed E-state index contributed by atoms with van der Waals surface area (Å²) in [5, 5.41) is 5.53. The predicted octanol–water partition coefficient (Wildman–Crippen LogP) is 3.12. The first kappa shape index (κ1) is 22.5. The molecule has 0 radical (unpaired) electrons. The fourth-order valence-corrected chi connectivity index (χ4v) is 5.12. The van der Waals surface area contributed by atoms with Crippen LogP contribution < -0.4 is 14.9 Å². The van der Waals surface area contributed by atoms with E-state index in [4.69, 9.17) is 4.74 Å². The first-order valence-corrected chi connectivity index (χ1v) is 11.7. The second-order valence-corrected chi connectivity index (χ2v) is 9.39. The van der Waals surface area contributed by atoms with Crippen molar-refractivity contribution in [1.29, 1.82) is 0 Å². The van der Waals surface area contributed by atoms with Crippen LogP contribution in [0.2, 0.25) is 0 Å². The van der Waals surface area contributed by atoms with Crippen molar-refractivity contribution in [1.82, 2.24) is 5.32 Å². The summed E-state index contributed by atoms with van der Waals surface area (Å²) in [6, 6.07) is 18.3. The molecule has 1 aliphatic heterocycles. The maximum atomic E-state index is 13.1. The van der Waals surface area contributed by atoms with E-state index in [1.807, 2.05) is 0 Å². The van der Waals surface area contributed by atoms with Crippen molar-refractivity contribution in [2.45, 2.75) is 4.90 Å². The summed E-state index contributed by atoms with van der Waals surface area (Å²) in [4.78, 5) is 25.8. The van der Waals surface area contributed by atoms with Gasteiger partial charge in [-0.05, 0) is 36.4 Å². The molecule has 1 heterocycles. The maximum absolute atomic E-state index is 13.1. The van der Waals surface area contributed by atoms with Crippen LogP contribution >= 0.6 is 0 Å². The molecule has 0 aromatic heterocycles. The molecule has 0 bridgehead atoms. The molecule has 0 aliphatic carbocycles. The number of sulfonamides is 1. The van der Waals surface area contributed by atoms with Crippen LogP contribution in [0.1, 0.15) is 20.7 Å². The number of carbonyl (C=O) groups is 2. The summed E-state index contributed by atoms with van der Waals surface area (Å²) in [7, 11) is -0.627. The van der Waals surface area contributed by atoms with Gasteiger partial charge in [0.2, 0.25) is 0 Å². The number of para-hydroxylation sites is 1. The van der Waals surface area contributed by atoms with Gasteiger partial charge in [0.15, 0.2) is 0 Å². The second-order valence-electron chi connectivity index (χ2n) is 7.45. The molecule has 1 aliphatic rings. The lowest BCUT2D eigenvalue weighted by Gasteiger charge is -2.29. The Morgan fingerprint density at radius 1 is 0.939 bits per heavy atom. The molecular formula is C24H23N3O5S. The molecule has 0 fully saturated rings. The Morgan fingerprint density at radius 2 is 1.67 bits per heavy atom. The van der Waals surface area contributed by atoms with Gasteiger partial charge >= 0.3 is 0 Å². The van der Waals surface area contributed by atoms with E-state index in [2.05, 4.69) is 10.6 Å². The Hall–Kier alpha value is -3.69. The van der Waals surface area contributed by atoms with E-state index in [0.29, 0.717) is 46.8 Å². The average molecular weight is 466 g/mol. The van der Waals surface area contributed by atoms with E-state index < -0.39 is 15.9 Å². The van der Waals surface area contributed by atoms with Crippen molar-refractivity contribution in [3.8, 4) is 11.1 Å². The summed E-state index contributed by atoms with van der Waals surface area (Å²) in [5.74, 6) is -0.738. The minimum Gasteiger partial charge on any atom is -0.383 e. The van der Waals surface area contributed by atoms with Gasteiger partial charge in [-0.15, -0.1) is 0 Å². The van der Waals surface area contributed by atoms with Crippen LogP contribution in [0.3, 0.4) is 0 Å². The van der Waals surface area contributed by atoms with E-state index in [1.54, 1.807) is 73.8 Å². The van der Waals surface area contributed by atoms with E-state index in [1.165, 1.54) is 11.4 Å². The van der Waals surface area contributed by atoms with Crippen LogP contribution in [0.15, 0.2) is 71.6 Å². The Morgan fingerprint density at radius 3 is 2.45 bits per heavy atom. The molecule has 9 heteroatoms. The average Bonchev–Trinajstić information content (AvgIpc) is 2.83. The summed E-state index contributed by atoms with van der Waals surface area (Å²) >= 11 is 0. The standard InChI is InChI=1S/C24H23N3O5S/c1-27-21-12-11-16(15-19(21)17-7-4-6-10-22(17)33(27,30)31)23(28)26-20-9-5-3-8-18(20)24(29)25-13-14-32-2/h3-12,15H,13-14H2,1-2H3,(H,25,29)(H,26,28). The molecule has 170 valence electrons. The highest BCUT2D eigenvalue weighted by Crippen LogP contribution is 2.42. The van der Waals surface area contributed by atoms with Gasteiger partial charge in [0, 0.05) is 37.4 Å². The van der Waals surface area contributed by atoms with Gasteiger partial charge in [-0.3, -0.25) is 13.9 Å². The lowest BCUT2D eigenvalue weighted by molar-refractivity contribution is 0.0938. The van der Waals surface area contributed by atoms with Gasteiger partial charge in [0.1, 0.15) is 0 Å². The Balaban J connectivity index is 1.65. The highest BCUT2D eigenvalue weighted by atomic mass is 32.2. The topological polar surface area (TPSA) is 105 Å². The largest absolute Gasteiger partial charge is 0.383 e. The number of benzene rings is 3. The zero-order valence-electron chi connectivity index (χ0n) is 18.2. The fourth-order valence-electron chi connectivity index (χ4n) is 3.71. The van der Waals surface area contributed by atoms with Crippen LogP contribution in [0.4, 0.5) is 11.4 Å². The van der Waals surface area contributed by atoms with Crippen molar-refractivity contribution >= 4 is 33.2 Å². The minimum absolute atomic E-state index is 0.190. The number of hydrogen-bond acceptors (Lipinski definition) is 5. The fraction of sp³-hybridized carbons (Fsp3) is 0.167. The van der Waals surface area contributed by atoms with Crippen molar-refractivity contribution in [2.24, 2.45) is 0 Å². The van der Waals surface area contributed by atoms with Crippen molar-refractivity contribution in [2.75, 3.05) is 36.9 Å². The lowest BCUT2D eigenvalue weighted by Crippen LogP contribution is -2.30. The zero-order chi connectivity index (χ0) is 23.6. The summed E-state index contributed by atoms with van der Waals surface area (Å²) in [6.45, 7) is 0.722. The molecule has 0 spiro atoms. The van der Waals surface area contributed by atoms with E-state index >= 15 is 0 Å². The quantitative estimate of drug-likeness (QED) is 0.545. The lowest BCUT2D eigenvalue weighted by atomic mass is 10.00. The summed E-state index contributed by atoms with van der Waals surface area (Å²) in [6.07, 6.45) is 0. The Labute approximate surface area is 192 Å². The van der Waals surface area contributed by atoms with Crippen molar-refractivity contribution < 1.29 is 22.7 Å². The predicted molar refractivity (Wildman–Crippen MR) is 126 cm³/mol. The van der Waals surface area contributed by atoms with Gasteiger partial charge in [-0.2, -0.15) is 0 Å². The van der Waals surface area contributed by atoms with E-state index in [9.17, 15) is 18.0 Å². The molecule has 4 rings (SSSR count). The highest BCUT2D eigenvalue weighted by Gasteiger charge is 2.32. The van der Waals surface area contributed by atoms with Crippen LogP contribution in [-0.4, -0.2) is 47.5 Å². The van der Waals surface area contributed by atoms with Gasteiger partial charge < -0.3 is 15.4 Å². The number of nitrogens with one attached hydrogen (secondary N) is 2. The minimum atomic E-state index is -3.66. The number of fused-ring (bicyclic) bond motifs is 3. The van der Waals surface area contributed by atoms with Gasteiger partial charge in [0.05, 0.1) is 28.4 Å². The van der Waals surface area contributed by atoms with Crippen molar-refractivity contribution in [3.63, 3.8) is 0 Å². The number of hydrogen-bond donors (Lipinski definition) is 2. The highest BCUT2D eigenvalue weighted by molar-refractivity contribution is 7.93. The number of methoxy groups -OCH3 is 1. The van der Waals surface area contributed by atoms with Crippen LogP contribution in [0.25, 0.3) is 11.1 Å². The van der Waals surface area contributed by atoms with Gasteiger partial charge in [0.25, 0.3) is 21.8 Å². The maximum Gasteiger partial charge on any atom is 0.264 e. The summed E-state index contributed by atoms with van der Waals surface area (Å²) in [5.41, 5.74) is 2.71. The third-order valence-corrected chi connectivity index (χ3v) is 7.25.